The summed E-state index contributed by atoms with van der Waals surface area (Å²) in [5.74, 6) is -0.164. The molecule has 3 rings (SSSR count). The van der Waals surface area contributed by atoms with Crippen LogP contribution in [0, 0.1) is 13.8 Å². The van der Waals surface area contributed by atoms with E-state index in [1.165, 1.54) is 4.31 Å². The molecule has 1 amide bonds. The second-order valence-electron chi connectivity index (χ2n) is 6.23. The van der Waals surface area contributed by atoms with Crippen LogP contribution in [-0.4, -0.2) is 47.7 Å². The molecule has 1 unspecified atom stereocenters. The lowest BCUT2D eigenvalue weighted by Crippen LogP contribution is -2.42. The minimum atomic E-state index is -3.43. The lowest BCUT2D eigenvalue weighted by atomic mass is 10.1. The fraction of sp³-hybridized carbons (Fsp3) is 0.438. The summed E-state index contributed by atoms with van der Waals surface area (Å²) in [6.07, 6.45) is 2.21. The summed E-state index contributed by atoms with van der Waals surface area (Å²) in [6, 6.07) is 4.96. The molecule has 0 aliphatic carbocycles. The lowest BCUT2D eigenvalue weighted by Gasteiger charge is -2.20. The zero-order chi connectivity index (χ0) is 18.2. The predicted molar refractivity (Wildman–Crippen MR) is 92.4 cm³/mol. The van der Waals surface area contributed by atoms with Crippen molar-refractivity contribution in [3.05, 3.63) is 29.3 Å². The second-order valence-corrected chi connectivity index (χ2v) is 8.17. The normalized spacial score (nSPS) is 18.4. The van der Waals surface area contributed by atoms with Crippen LogP contribution in [0.15, 0.2) is 22.6 Å². The van der Waals surface area contributed by atoms with E-state index >= 15 is 0 Å². The van der Waals surface area contributed by atoms with Crippen molar-refractivity contribution in [3.8, 4) is 11.5 Å². The molecule has 0 saturated carbocycles. The van der Waals surface area contributed by atoms with E-state index in [1.807, 2.05) is 32.0 Å². The average molecular weight is 364 g/mol. The van der Waals surface area contributed by atoms with Crippen LogP contribution in [0.3, 0.4) is 0 Å². The molecule has 1 fully saturated rings. The van der Waals surface area contributed by atoms with Gasteiger partial charge in [-0.2, -0.15) is 4.31 Å². The van der Waals surface area contributed by atoms with Crippen LogP contribution in [0.25, 0.3) is 11.5 Å². The third-order valence-electron chi connectivity index (χ3n) is 4.34. The number of anilines is 1. The molecule has 25 heavy (non-hydrogen) atoms. The molecule has 2 heterocycles. The lowest BCUT2D eigenvalue weighted by molar-refractivity contribution is -0.119. The number of benzene rings is 1. The summed E-state index contributed by atoms with van der Waals surface area (Å²) in [6.45, 7) is 4.33. The molecular weight excluding hydrogens is 344 g/mol. The Morgan fingerprint density at radius 1 is 1.28 bits per heavy atom. The highest BCUT2D eigenvalue weighted by molar-refractivity contribution is 7.88. The molecule has 1 aliphatic rings. The van der Waals surface area contributed by atoms with Gasteiger partial charge in [0, 0.05) is 12.1 Å². The number of sulfonamides is 1. The molecule has 9 heteroatoms. The monoisotopic (exact) mass is 364 g/mol. The van der Waals surface area contributed by atoms with E-state index in [1.54, 1.807) is 0 Å². The van der Waals surface area contributed by atoms with E-state index in [2.05, 4.69) is 15.5 Å². The molecule has 1 N–H and O–H groups in total. The predicted octanol–water partition coefficient (Wildman–Crippen LogP) is 1.72. The Hall–Kier alpha value is -2.26. The standard InChI is InChI=1S/C16H20N4O4S/c1-10-6-7-12(9-11(10)2)15-18-19-16(24-15)17-14(21)13-5-4-8-20(13)25(3,22)23/h6-7,9,13H,4-5,8H2,1-3H3,(H,17,19,21). The third-order valence-corrected chi connectivity index (χ3v) is 5.63. The average Bonchev–Trinajstić information content (AvgIpc) is 3.18. The number of aryl methyl sites for hydroxylation is 2. The maximum atomic E-state index is 12.4. The van der Waals surface area contributed by atoms with Gasteiger partial charge in [-0.15, -0.1) is 5.10 Å². The van der Waals surface area contributed by atoms with Gasteiger partial charge in [-0.25, -0.2) is 8.42 Å². The van der Waals surface area contributed by atoms with E-state index in [4.69, 9.17) is 4.42 Å². The highest BCUT2D eigenvalue weighted by Gasteiger charge is 2.37. The van der Waals surface area contributed by atoms with Gasteiger partial charge in [0.05, 0.1) is 6.26 Å². The molecule has 1 atom stereocenters. The van der Waals surface area contributed by atoms with E-state index in [-0.39, 0.29) is 6.01 Å². The first kappa shape index (κ1) is 17.6. The van der Waals surface area contributed by atoms with E-state index < -0.39 is 22.0 Å². The Morgan fingerprint density at radius 3 is 2.72 bits per heavy atom. The molecule has 0 bridgehead atoms. The minimum Gasteiger partial charge on any atom is -0.403 e. The molecule has 2 aromatic rings. The summed E-state index contributed by atoms with van der Waals surface area (Å²) in [7, 11) is -3.43. The van der Waals surface area contributed by atoms with E-state index in [0.29, 0.717) is 25.3 Å². The van der Waals surface area contributed by atoms with Crippen LogP contribution < -0.4 is 5.32 Å². The van der Waals surface area contributed by atoms with Gasteiger partial charge in [-0.1, -0.05) is 11.2 Å². The molecule has 1 saturated heterocycles. The van der Waals surface area contributed by atoms with Crippen LogP contribution in [0.4, 0.5) is 6.01 Å². The van der Waals surface area contributed by atoms with Gasteiger partial charge >= 0.3 is 6.01 Å². The van der Waals surface area contributed by atoms with Crippen molar-refractivity contribution >= 4 is 21.9 Å². The Balaban J connectivity index is 1.75. The first-order valence-electron chi connectivity index (χ1n) is 7.94. The van der Waals surface area contributed by atoms with Crippen molar-refractivity contribution in [3.63, 3.8) is 0 Å². The first-order valence-corrected chi connectivity index (χ1v) is 9.79. The maximum absolute atomic E-state index is 12.4. The summed E-state index contributed by atoms with van der Waals surface area (Å²) in [5.41, 5.74) is 3.00. The summed E-state index contributed by atoms with van der Waals surface area (Å²) in [4.78, 5) is 12.4. The summed E-state index contributed by atoms with van der Waals surface area (Å²) >= 11 is 0. The maximum Gasteiger partial charge on any atom is 0.322 e. The number of hydrogen-bond acceptors (Lipinski definition) is 6. The molecule has 1 aromatic carbocycles. The molecule has 0 radical (unpaired) electrons. The van der Waals surface area contributed by atoms with Crippen molar-refractivity contribution in [2.24, 2.45) is 0 Å². The number of aromatic nitrogens is 2. The Labute approximate surface area is 146 Å². The molecule has 0 spiro atoms. The van der Waals surface area contributed by atoms with Crippen molar-refractivity contribution in [1.82, 2.24) is 14.5 Å². The SMILES string of the molecule is Cc1ccc(-c2nnc(NC(=O)C3CCCN3S(C)(=O)=O)o2)cc1C. The largest absolute Gasteiger partial charge is 0.403 e. The van der Waals surface area contributed by atoms with E-state index in [0.717, 1.165) is 22.9 Å². The summed E-state index contributed by atoms with van der Waals surface area (Å²) in [5, 5.41) is 10.3. The van der Waals surface area contributed by atoms with Crippen molar-refractivity contribution in [2.45, 2.75) is 32.7 Å². The van der Waals surface area contributed by atoms with Gasteiger partial charge in [0.1, 0.15) is 6.04 Å². The molecule has 1 aliphatic heterocycles. The Bertz CT molecular complexity index is 907. The quantitative estimate of drug-likeness (QED) is 0.885. The number of rotatable bonds is 4. The number of carbonyl (C=O) groups is 1. The van der Waals surface area contributed by atoms with Gasteiger partial charge in [-0.3, -0.25) is 10.1 Å². The number of amides is 1. The smallest absolute Gasteiger partial charge is 0.322 e. The first-order chi connectivity index (χ1) is 11.8. The van der Waals surface area contributed by atoms with Gasteiger partial charge in [-0.05, 0) is 49.9 Å². The summed E-state index contributed by atoms with van der Waals surface area (Å²) < 4.78 is 30.2. The number of carbonyl (C=O) groups excluding carboxylic acids is 1. The topological polar surface area (TPSA) is 105 Å². The van der Waals surface area contributed by atoms with Gasteiger partial charge in [0.15, 0.2) is 0 Å². The highest BCUT2D eigenvalue weighted by Crippen LogP contribution is 2.24. The van der Waals surface area contributed by atoms with Gasteiger partial charge in [0.25, 0.3) is 0 Å². The molecular formula is C16H20N4O4S. The van der Waals surface area contributed by atoms with E-state index in [9.17, 15) is 13.2 Å². The van der Waals surface area contributed by atoms with Crippen LogP contribution in [0.5, 0.6) is 0 Å². The third kappa shape index (κ3) is 3.72. The van der Waals surface area contributed by atoms with Crippen molar-refractivity contribution in [1.29, 1.82) is 0 Å². The molecule has 134 valence electrons. The van der Waals surface area contributed by atoms with Gasteiger partial charge in [0.2, 0.25) is 21.8 Å². The fourth-order valence-electron chi connectivity index (χ4n) is 2.85. The fourth-order valence-corrected chi connectivity index (χ4v) is 3.98. The van der Waals surface area contributed by atoms with Crippen molar-refractivity contribution < 1.29 is 17.6 Å². The van der Waals surface area contributed by atoms with Crippen LogP contribution in [0.2, 0.25) is 0 Å². The van der Waals surface area contributed by atoms with Gasteiger partial charge < -0.3 is 4.42 Å². The minimum absolute atomic E-state index is 0.0430. The highest BCUT2D eigenvalue weighted by atomic mass is 32.2. The number of hydrogen-bond donors (Lipinski definition) is 1. The second kappa shape index (κ2) is 6.57. The van der Waals surface area contributed by atoms with Crippen LogP contribution >= 0.6 is 0 Å². The van der Waals surface area contributed by atoms with Crippen molar-refractivity contribution in [2.75, 3.05) is 18.1 Å². The van der Waals surface area contributed by atoms with Crippen LogP contribution in [-0.2, 0) is 14.8 Å². The number of nitrogens with zero attached hydrogens (tertiary/aromatic N) is 3. The zero-order valence-corrected chi connectivity index (χ0v) is 15.1. The molecule has 8 nitrogen and oxygen atoms in total. The Kier molecular flexibility index (Phi) is 4.61. The Morgan fingerprint density at radius 2 is 2.04 bits per heavy atom. The number of nitrogens with one attached hydrogen (secondary N) is 1. The zero-order valence-electron chi connectivity index (χ0n) is 14.3. The molecule has 1 aromatic heterocycles. The van der Waals surface area contributed by atoms with Crippen LogP contribution in [0.1, 0.15) is 24.0 Å².